The van der Waals surface area contributed by atoms with Gasteiger partial charge in [0.05, 0.1) is 6.26 Å². The van der Waals surface area contributed by atoms with Crippen LogP contribution in [0, 0.1) is 0 Å². The molecule has 6 nitrogen and oxygen atoms in total. The molecule has 0 saturated heterocycles. The maximum absolute atomic E-state index is 11.6. The molecule has 1 aliphatic rings. The first-order valence-corrected chi connectivity index (χ1v) is 8.63. The Labute approximate surface area is 154 Å². The average Bonchev–Trinajstić information content (AvgIpc) is 3.21. The fourth-order valence-electron chi connectivity index (χ4n) is 3.12. The van der Waals surface area contributed by atoms with Crippen molar-refractivity contribution in [3.8, 4) is 5.75 Å². The molecule has 138 valence electrons. The van der Waals surface area contributed by atoms with E-state index in [0.717, 1.165) is 16.3 Å². The van der Waals surface area contributed by atoms with E-state index in [1.165, 1.54) is 6.07 Å². The van der Waals surface area contributed by atoms with Gasteiger partial charge in [0.2, 0.25) is 5.75 Å². The zero-order chi connectivity index (χ0) is 19.0. The normalized spacial score (nSPS) is 17.4. The Balaban J connectivity index is 1.56. The maximum Gasteiger partial charge on any atom is 0.336 e. The first-order valence-electron chi connectivity index (χ1n) is 8.63. The van der Waals surface area contributed by atoms with E-state index in [9.17, 15) is 9.59 Å². The van der Waals surface area contributed by atoms with Gasteiger partial charge in [0.1, 0.15) is 12.7 Å². The Morgan fingerprint density at radius 3 is 2.78 bits per heavy atom. The smallest absolute Gasteiger partial charge is 0.336 e. The number of rotatable bonds is 5. The monoisotopic (exact) mass is 366 g/mol. The number of ether oxygens (including phenoxy) is 2. The molecule has 2 aromatic heterocycles. The summed E-state index contributed by atoms with van der Waals surface area (Å²) in [4.78, 5) is 23.1. The van der Waals surface area contributed by atoms with Gasteiger partial charge in [0.25, 0.3) is 0 Å². The molecular formula is C21H18O6. The van der Waals surface area contributed by atoms with Gasteiger partial charge in [0, 0.05) is 28.8 Å². The van der Waals surface area contributed by atoms with Crippen LogP contribution in [0.5, 0.6) is 5.75 Å². The molecule has 3 aromatic rings. The molecule has 27 heavy (non-hydrogen) atoms. The summed E-state index contributed by atoms with van der Waals surface area (Å²) in [6.07, 6.45) is 5.67. The van der Waals surface area contributed by atoms with Crippen LogP contribution in [0.25, 0.3) is 21.9 Å². The molecule has 0 saturated carbocycles. The topological polar surface area (TPSA) is 78.9 Å². The zero-order valence-corrected chi connectivity index (χ0v) is 15.0. The van der Waals surface area contributed by atoms with Gasteiger partial charge in [-0.2, -0.15) is 0 Å². The molecule has 0 aliphatic carbocycles. The van der Waals surface area contributed by atoms with Crippen LogP contribution >= 0.6 is 0 Å². The van der Waals surface area contributed by atoms with Crippen LogP contribution < -0.4 is 10.4 Å². The molecule has 1 aromatic carbocycles. The van der Waals surface area contributed by atoms with Crippen LogP contribution in [0.3, 0.4) is 0 Å². The average molecular weight is 366 g/mol. The molecule has 0 unspecified atom stereocenters. The number of benzene rings is 1. The van der Waals surface area contributed by atoms with Crippen LogP contribution in [0.2, 0.25) is 0 Å². The Morgan fingerprint density at radius 2 is 2.00 bits per heavy atom. The SMILES string of the molecule is CC(=CCOc1c2occc2cc2ccc(=O)oc12)C[C@@H]1C=C(C)C(=O)O1. The predicted octanol–water partition coefficient (Wildman–Crippen LogP) is 4.13. The largest absolute Gasteiger partial charge is 0.482 e. The highest BCUT2D eigenvalue weighted by atomic mass is 16.5. The van der Waals surface area contributed by atoms with Gasteiger partial charge in [-0.3, -0.25) is 0 Å². The van der Waals surface area contributed by atoms with Crippen LogP contribution in [0.1, 0.15) is 20.3 Å². The standard InChI is InChI=1S/C21H18O6/c1-12(9-16-10-13(2)21(23)26-16)5-7-25-20-18-15(6-8-24-18)11-14-3-4-17(22)27-19(14)20/h3-6,8,10-11,16H,7,9H2,1-2H3/t16-/m1/s1. The highest BCUT2D eigenvalue weighted by molar-refractivity contribution is 5.99. The predicted molar refractivity (Wildman–Crippen MR) is 99.8 cm³/mol. The molecule has 0 N–H and O–H groups in total. The van der Waals surface area contributed by atoms with E-state index >= 15 is 0 Å². The number of hydrogen-bond acceptors (Lipinski definition) is 6. The number of hydrogen-bond donors (Lipinski definition) is 0. The number of furan rings is 1. The second-order valence-corrected chi connectivity index (χ2v) is 6.58. The van der Waals surface area contributed by atoms with Crippen molar-refractivity contribution in [2.24, 2.45) is 0 Å². The van der Waals surface area contributed by atoms with Crippen molar-refractivity contribution in [3.63, 3.8) is 0 Å². The van der Waals surface area contributed by atoms with Crippen molar-refractivity contribution < 1.29 is 23.1 Å². The highest BCUT2D eigenvalue weighted by Gasteiger charge is 2.22. The lowest BCUT2D eigenvalue weighted by Crippen LogP contribution is -2.08. The molecule has 0 fully saturated rings. The zero-order valence-electron chi connectivity index (χ0n) is 15.0. The molecule has 0 spiro atoms. The third kappa shape index (κ3) is 3.38. The molecule has 4 rings (SSSR count). The Morgan fingerprint density at radius 1 is 1.19 bits per heavy atom. The maximum atomic E-state index is 11.6. The first-order chi connectivity index (χ1) is 13.0. The Kier molecular flexibility index (Phi) is 4.32. The van der Waals surface area contributed by atoms with Gasteiger partial charge in [-0.1, -0.05) is 5.57 Å². The van der Waals surface area contributed by atoms with Crippen molar-refractivity contribution >= 4 is 27.9 Å². The molecule has 0 radical (unpaired) electrons. The third-order valence-corrected chi connectivity index (χ3v) is 4.48. The van der Waals surface area contributed by atoms with E-state index in [0.29, 0.717) is 28.9 Å². The fourth-order valence-corrected chi connectivity index (χ4v) is 3.12. The van der Waals surface area contributed by atoms with Crippen molar-refractivity contribution in [1.82, 2.24) is 0 Å². The van der Waals surface area contributed by atoms with Crippen molar-refractivity contribution in [2.45, 2.75) is 26.4 Å². The number of cyclic esters (lactones) is 1. The highest BCUT2D eigenvalue weighted by Crippen LogP contribution is 2.35. The van der Waals surface area contributed by atoms with Crippen molar-refractivity contribution in [2.75, 3.05) is 6.61 Å². The lowest BCUT2D eigenvalue weighted by atomic mass is 10.1. The molecule has 1 atom stereocenters. The Hall–Kier alpha value is -3.28. The van der Waals surface area contributed by atoms with Gasteiger partial charge in [-0.15, -0.1) is 0 Å². The Bertz CT molecular complexity index is 1140. The number of fused-ring (bicyclic) bond motifs is 2. The van der Waals surface area contributed by atoms with Gasteiger partial charge in [-0.05, 0) is 44.2 Å². The van der Waals surface area contributed by atoms with Crippen LogP contribution in [0.15, 0.2) is 67.5 Å². The van der Waals surface area contributed by atoms with Crippen LogP contribution in [0.4, 0.5) is 0 Å². The second kappa shape index (κ2) is 6.79. The van der Waals surface area contributed by atoms with Crippen LogP contribution in [-0.2, 0) is 9.53 Å². The van der Waals surface area contributed by atoms with E-state index in [4.69, 9.17) is 18.3 Å². The fraction of sp³-hybridized carbons (Fsp3) is 0.238. The summed E-state index contributed by atoms with van der Waals surface area (Å²) >= 11 is 0. The lowest BCUT2D eigenvalue weighted by Gasteiger charge is -2.10. The minimum Gasteiger partial charge on any atom is -0.482 e. The van der Waals surface area contributed by atoms with E-state index in [1.807, 2.05) is 31.2 Å². The lowest BCUT2D eigenvalue weighted by molar-refractivity contribution is -0.139. The van der Waals surface area contributed by atoms with Gasteiger partial charge < -0.3 is 18.3 Å². The third-order valence-electron chi connectivity index (χ3n) is 4.48. The molecule has 6 heteroatoms. The first kappa shape index (κ1) is 17.1. The summed E-state index contributed by atoms with van der Waals surface area (Å²) in [7, 11) is 0. The number of esters is 1. The summed E-state index contributed by atoms with van der Waals surface area (Å²) in [6.45, 7) is 3.96. The minimum atomic E-state index is -0.449. The van der Waals surface area contributed by atoms with Crippen LogP contribution in [-0.4, -0.2) is 18.7 Å². The van der Waals surface area contributed by atoms with Gasteiger partial charge in [-0.25, -0.2) is 9.59 Å². The minimum absolute atomic E-state index is 0.235. The summed E-state index contributed by atoms with van der Waals surface area (Å²) in [5.74, 6) is 0.132. The molecule has 3 heterocycles. The summed E-state index contributed by atoms with van der Waals surface area (Å²) < 4.78 is 22.0. The quantitative estimate of drug-likeness (QED) is 0.384. The number of carbonyl (C=O) groups excluding carboxylic acids is 1. The number of carbonyl (C=O) groups is 1. The summed E-state index contributed by atoms with van der Waals surface area (Å²) in [5, 5.41) is 1.63. The summed E-state index contributed by atoms with van der Waals surface area (Å²) in [5.41, 5.74) is 2.10. The van der Waals surface area contributed by atoms with Crippen molar-refractivity contribution in [1.29, 1.82) is 0 Å². The van der Waals surface area contributed by atoms with E-state index in [-0.39, 0.29) is 18.7 Å². The van der Waals surface area contributed by atoms with Gasteiger partial charge in [0.15, 0.2) is 11.2 Å². The molecule has 0 bridgehead atoms. The molecular weight excluding hydrogens is 348 g/mol. The summed E-state index contributed by atoms with van der Waals surface area (Å²) in [6, 6.07) is 6.79. The molecule has 0 amide bonds. The van der Waals surface area contributed by atoms with Gasteiger partial charge >= 0.3 is 11.6 Å². The molecule has 1 aliphatic heterocycles. The van der Waals surface area contributed by atoms with Crippen molar-refractivity contribution in [3.05, 3.63) is 64.2 Å². The van der Waals surface area contributed by atoms with E-state index in [1.54, 1.807) is 19.3 Å². The van der Waals surface area contributed by atoms with E-state index in [2.05, 4.69) is 0 Å². The van der Waals surface area contributed by atoms with E-state index < -0.39 is 5.63 Å². The second-order valence-electron chi connectivity index (χ2n) is 6.58.